The van der Waals surface area contributed by atoms with Gasteiger partial charge in [-0.15, -0.1) is 0 Å². The molecule has 1 saturated heterocycles. The van der Waals surface area contributed by atoms with Crippen molar-refractivity contribution >= 4 is 5.91 Å². The van der Waals surface area contributed by atoms with Crippen molar-refractivity contribution in [3.05, 3.63) is 71.8 Å². The Morgan fingerprint density at radius 3 is 2.17 bits per heavy atom. The maximum Gasteiger partial charge on any atom is 0.264 e. The number of aliphatic hydroxyl groups is 1. The van der Waals surface area contributed by atoms with E-state index in [2.05, 4.69) is 0 Å². The third-order valence-electron chi connectivity index (χ3n) is 4.19. The summed E-state index contributed by atoms with van der Waals surface area (Å²) >= 11 is 0. The average Bonchev–Trinajstić information content (AvgIpc) is 2.68. The Hall–Kier alpha value is -2.68. The van der Waals surface area contributed by atoms with Crippen LogP contribution in [0.4, 0.5) is 0 Å². The summed E-state index contributed by atoms with van der Waals surface area (Å²) in [5.41, 5.74) is -0.790. The molecular weight excluding hydrogens is 304 g/mol. The maximum absolute atomic E-state index is 13.2. The first-order chi connectivity index (χ1) is 11.7. The molecule has 1 fully saturated rings. The lowest BCUT2D eigenvalue weighted by atomic mass is 9.85. The molecule has 0 spiro atoms. The molecule has 1 aliphatic rings. The summed E-state index contributed by atoms with van der Waals surface area (Å²) in [5.74, 6) is -0.441. The first-order valence-corrected chi connectivity index (χ1v) is 7.80. The SMILES string of the molecule is N#CC1CN(C(=O)C(O)(c2ccccc2)c2ccccc2)CCO1. The number of amides is 1. The van der Waals surface area contributed by atoms with Gasteiger partial charge in [-0.25, -0.2) is 0 Å². The number of hydrogen-bond donors (Lipinski definition) is 1. The van der Waals surface area contributed by atoms with Crippen LogP contribution >= 0.6 is 0 Å². The Kier molecular flexibility index (Phi) is 4.61. The predicted molar refractivity (Wildman–Crippen MR) is 87.8 cm³/mol. The van der Waals surface area contributed by atoms with E-state index in [1.165, 1.54) is 4.90 Å². The van der Waals surface area contributed by atoms with E-state index in [-0.39, 0.29) is 13.2 Å². The van der Waals surface area contributed by atoms with E-state index in [0.717, 1.165) is 0 Å². The molecule has 5 heteroatoms. The van der Waals surface area contributed by atoms with Gasteiger partial charge in [0.15, 0.2) is 11.7 Å². The number of benzene rings is 2. The first kappa shape index (κ1) is 16.2. The number of carbonyl (C=O) groups is 1. The Balaban J connectivity index is 2.02. The molecule has 1 N–H and O–H groups in total. The molecule has 0 aliphatic carbocycles. The quantitative estimate of drug-likeness (QED) is 0.933. The van der Waals surface area contributed by atoms with Crippen LogP contribution in [0.2, 0.25) is 0 Å². The lowest BCUT2D eigenvalue weighted by Gasteiger charge is -2.37. The standard InChI is InChI=1S/C19H18N2O3/c20-13-17-14-21(11-12-24-17)18(22)19(23,15-7-3-1-4-8-15)16-9-5-2-6-10-16/h1-10,17,23H,11-12,14H2. The van der Waals surface area contributed by atoms with Crippen LogP contribution in [-0.2, 0) is 15.1 Å². The normalized spacial score (nSPS) is 18.0. The lowest BCUT2D eigenvalue weighted by Crippen LogP contribution is -2.53. The van der Waals surface area contributed by atoms with Crippen molar-refractivity contribution in [3.63, 3.8) is 0 Å². The highest BCUT2D eigenvalue weighted by Crippen LogP contribution is 2.32. The van der Waals surface area contributed by atoms with Crippen LogP contribution < -0.4 is 0 Å². The molecular formula is C19H18N2O3. The third-order valence-corrected chi connectivity index (χ3v) is 4.19. The summed E-state index contributed by atoms with van der Waals surface area (Å²) in [6.45, 7) is 0.778. The van der Waals surface area contributed by atoms with Crippen LogP contribution in [0.1, 0.15) is 11.1 Å². The van der Waals surface area contributed by atoms with E-state index in [1.807, 2.05) is 18.2 Å². The van der Waals surface area contributed by atoms with Crippen molar-refractivity contribution < 1.29 is 14.6 Å². The molecule has 1 unspecified atom stereocenters. The van der Waals surface area contributed by atoms with Crippen molar-refractivity contribution in [3.8, 4) is 6.07 Å². The van der Waals surface area contributed by atoms with Gasteiger partial charge in [-0.1, -0.05) is 60.7 Å². The molecule has 0 bridgehead atoms. The van der Waals surface area contributed by atoms with E-state index in [1.54, 1.807) is 48.5 Å². The zero-order chi connectivity index (χ0) is 17.0. The van der Waals surface area contributed by atoms with Crippen LogP contribution in [0.3, 0.4) is 0 Å². The third kappa shape index (κ3) is 2.90. The number of morpholine rings is 1. The van der Waals surface area contributed by atoms with Gasteiger partial charge in [0, 0.05) is 6.54 Å². The molecule has 0 saturated carbocycles. The van der Waals surface area contributed by atoms with Crippen molar-refractivity contribution in [2.45, 2.75) is 11.7 Å². The minimum atomic E-state index is -1.79. The Morgan fingerprint density at radius 1 is 1.12 bits per heavy atom. The fourth-order valence-electron chi connectivity index (χ4n) is 2.91. The number of hydrogen-bond acceptors (Lipinski definition) is 4. The molecule has 24 heavy (non-hydrogen) atoms. The van der Waals surface area contributed by atoms with E-state index >= 15 is 0 Å². The Labute approximate surface area is 140 Å². The summed E-state index contributed by atoms with van der Waals surface area (Å²) in [5, 5.41) is 20.5. The Morgan fingerprint density at radius 2 is 1.67 bits per heavy atom. The number of carbonyl (C=O) groups excluding carboxylic acids is 1. The highest BCUT2D eigenvalue weighted by Gasteiger charge is 2.43. The van der Waals surface area contributed by atoms with Gasteiger partial charge in [-0.2, -0.15) is 5.26 Å². The molecule has 122 valence electrons. The maximum atomic E-state index is 13.2. The summed E-state index contributed by atoms with van der Waals surface area (Å²) in [6, 6.07) is 19.7. The number of nitriles is 1. The molecule has 1 aliphatic heterocycles. The predicted octanol–water partition coefficient (Wildman–Crippen LogP) is 1.67. The van der Waals surface area contributed by atoms with E-state index in [9.17, 15) is 9.90 Å². The molecule has 2 aromatic carbocycles. The second-order valence-corrected chi connectivity index (χ2v) is 5.68. The van der Waals surface area contributed by atoms with E-state index in [4.69, 9.17) is 10.00 Å². The van der Waals surface area contributed by atoms with Crippen molar-refractivity contribution in [1.82, 2.24) is 4.90 Å². The van der Waals surface area contributed by atoms with Gasteiger partial charge in [0.25, 0.3) is 5.91 Å². The molecule has 1 heterocycles. The smallest absolute Gasteiger partial charge is 0.264 e. The molecule has 2 aromatic rings. The highest BCUT2D eigenvalue weighted by atomic mass is 16.5. The Bertz CT molecular complexity index is 701. The zero-order valence-electron chi connectivity index (χ0n) is 13.1. The van der Waals surface area contributed by atoms with Gasteiger partial charge in [0.1, 0.15) is 0 Å². The van der Waals surface area contributed by atoms with Crippen LogP contribution in [-0.4, -0.2) is 41.7 Å². The van der Waals surface area contributed by atoms with Crippen molar-refractivity contribution in [1.29, 1.82) is 5.26 Å². The monoisotopic (exact) mass is 322 g/mol. The van der Waals surface area contributed by atoms with Gasteiger partial charge in [0.05, 0.1) is 19.2 Å². The van der Waals surface area contributed by atoms with Crippen molar-refractivity contribution in [2.24, 2.45) is 0 Å². The van der Waals surface area contributed by atoms with E-state index < -0.39 is 17.6 Å². The van der Waals surface area contributed by atoms with Crippen LogP contribution in [0.25, 0.3) is 0 Å². The van der Waals surface area contributed by atoms with Gasteiger partial charge in [-0.3, -0.25) is 4.79 Å². The molecule has 0 aromatic heterocycles. The van der Waals surface area contributed by atoms with Gasteiger partial charge in [-0.05, 0) is 11.1 Å². The molecule has 0 radical (unpaired) electrons. The minimum Gasteiger partial charge on any atom is -0.372 e. The summed E-state index contributed by atoms with van der Waals surface area (Å²) in [6.07, 6.45) is -0.668. The number of rotatable bonds is 3. The zero-order valence-corrected chi connectivity index (χ0v) is 13.1. The average molecular weight is 322 g/mol. The number of nitrogens with zero attached hydrogens (tertiary/aromatic N) is 2. The van der Waals surface area contributed by atoms with Crippen LogP contribution in [0.5, 0.6) is 0 Å². The lowest BCUT2D eigenvalue weighted by molar-refractivity contribution is -0.153. The summed E-state index contributed by atoms with van der Waals surface area (Å²) in [7, 11) is 0. The fourth-order valence-corrected chi connectivity index (χ4v) is 2.91. The van der Waals surface area contributed by atoms with E-state index in [0.29, 0.717) is 17.7 Å². The van der Waals surface area contributed by atoms with Gasteiger partial charge >= 0.3 is 0 Å². The number of ether oxygens (including phenoxy) is 1. The van der Waals surface area contributed by atoms with Gasteiger partial charge < -0.3 is 14.7 Å². The second kappa shape index (κ2) is 6.83. The van der Waals surface area contributed by atoms with Crippen LogP contribution in [0, 0.1) is 11.3 Å². The first-order valence-electron chi connectivity index (χ1n) is 7.80. The minimum absolute atomic E-state index is 0.150. The largest absolute Gasteiger partial charge is 0.372 e. The fraction of sp³-hybridized carbons (Fsp3) is 0.263. The summed E-state index contributed by atoms with van der Waals surface area (Å²) in [4.78, 5) is 14.7. The van der Waals surface area contributed by atoms with Gasteiger partial charge in [0.2, 0.25) is 0 Å². The molecule has 3 rings (SSSR count). The molecule has 5 nitrogen and oxygen atoms in total. The molecule has 1 amide bonds. The van der Waals surface area contributed by atoms with Crippen LogP contribution in [0.15, 0.2) is 60.7 Å². The topological polar surface area (TPSA) is 73.6 Å². The van der Waals surface area contributed by atoms with Crippen molar-refractivity contribution in [2.75, 3.05) is 19.7 Å². The molecule has 1 atom stereocenters. The summed E-state index contributed by atoms with van der Waals surface area (Å²) < 4.78 is 5.29. The highest BCUT2D eigenvalue weighted by molar-refractivity contribution is 5.90. The second-order valence-electron chi connectivity index (χ2n) is 5.68.